The third-order valence-electron chi connectivity index (χ3n) is 3.11. The molecule has 2 rings (SSSR count). The van der Waals surface area contributed by atoms with Crippen LogP contribution in [0.3, 0.4) is 0 Å². The van der Waals surface area contributed by atoms with E-state index in [1.54, 1.807) is 0 Å². The molecule has 1 aliphatic rings. The third kappa shape index (κ3) is 3.71. The third-order valence-corrected chi connectivity index (χ3v) is 4.55. The molecule has 0 amide bonds. The first kappa shape index (κ1) is 14.4. The lowest BCUT2D eigenvalue weighted by Crippen LogP contribution is -2.43. The van der Waals surface area contributed by atoms with Crippen LogP contribution in [-0.4, -0.2) is 27.5 Å². The lowest BCUT2D eigenvalue weighted by atomic mass is 10.1. The van der Waals surface area contributed by atoms with Crippen molar-refractivity contribution < 1.29 is 17.2 Å². The highest BCUT2D eigenvalue weighted by Gasteiger charge is 2.22. The zero-order valence-corrected chi connectivity index (χ0v) is 11.1. The molecule has 4 nitrogen and oxygen atoms in total. The Labute approximate surface area is 111 Å². The minimum atomic E-state index is -4.02. The fraction of sp³-hybridized carbons (Fsp3) is 0.500. The normalized spacial score (nSPS) is 20.4. The summed E-state index contributed by atoms with van der Waals surface area (Å²) in [6, 6.07) is 2.42. The van der Waals surface area contributed by atoms with E-state index < -0.39 is 26.6 Å². The summed E-state index contributed by atoms with van der Waals surface area (Å²) in [6.45, 7) is 1.03. The standard InChI is InChI=1S/C12H16F2N2O2S/c13-9-4-5-11(14)12(7-9)19(17,18)16-8-10-3-1-2-6-15-10/h4-5,7,10,15-16H,1-3,6,8H2. The summed E-state index contributed by atoms with van der Waals surface area (Å²) in [7, 11) is -4.02. The molecular formula is C12H16F2N2O2S. The Balaban J connectivity index is 2.07. The smallest absolute Gasteiger partial charge is 0.243 e. The minimum absolute atomic E-state index is 0.0418. The molecular weight excluding hydrogens is 274 g/mol. The van der Waals surface area contributed by atoms with Crippen LogP contribution >= 0.6 is 0 Å². The van der Waals surface area contributed by atoms with E-state index in [2.05, 4.69) is 10.0 Å². The molecule has 1 saturated heterocycles. The van der Waals surface area contributed by atoms with Crippen LogP contribution in [0, 0.1) is 11.6 Å². The molecule has 1 atom stereocenters. The van der Waals surface area contributed by atoms with Gasteiger partial charge in [-0.2, -0.15) is 0 Å². The molecule has 0 saturated carbocycles. The lowest BCUT2D eigenvalue weighted by Gasteiger charge is -2.23. The van der Waals surface area contributed by atoms with Crippen LogP contribution in [0.4, 0.5) is 8.78 Å². The van der Waals surface area contributed by atoms with Crippen LogP contribution in [0.1, 0.15) is 19.3 Å². The molecule has 0 aromatic heterocycles. The van der Waals surface area contributed by atoms with Crippen molar-refractivity contribution >= 4 is 10.0 Å². The van der Waals surface area contributed by atoms with Gasteiger partial charge in [0.1, 0.15) is 16.5 Å². The Kier molecular flexibility index (Phi) is 4.49. The van der Waals surface area contributed by atoms with Gasteiger partial charge in [-0.25, -0.2) is 21.9 Å². The molecule has 0 spiro atoms. The van der Waals surface area contributed by atoms with Crippen LogP contribution in [0.15, 0.2) is 23.1 Å². The van der Waals surface area contributed by atoms with Crippen molar-refractivity contribution in [1.29, 1.82) is 0 Å². The lowest BCUT2D eigenvalue weighted by molar-refractivity contribution is 0.398. The molecule has 7 heteroatoms. The van der Waals surface area contributed by atoms with Gasteiger partial charge in [-0.1, -0.05) is 6.42 Å². The van der Waals surface area contributed by atoms with Gasteiger partial charge >= 0.3 is 0 Å². The molecule has 1 aromatic carbocycles. The van der Waals surface area contributed by atoms with Gasteiger partial charge in [-0.3, -0.25) is 0 Å². The van der Waals surface area contributed by atoms with E-state index in [4.69, 9.17) is 0 Å². The van der Waals surface area contributed by atoms with E-state index in [0.29, 0.717) is 6.07 Å². The Morgan fingerprint density at radius 1 is 1.32 bits per heavy atom. The predicted molar refractivity (Wildman–Crippen MR) is 67.2 cm³/mol. The summed E-state index contributed by atoms with van der Waals surface area (Å²) < 4.78 is 52.6. The van der Waals surface area contributed by atoms with Crippen LogP contribution in [-0.2, 0) is 10.0 Å². The molecule has 19 heavy (non-hydrogen) atoms. The van der Waals surface area contributed by atoms with Crippen molar-refractivity contribution in [2.75, 3.05) is 13.1 Å². The van der Waals surface area contributed by atoms with Gasteiger partial charge < -0.3 is 5.32 Å². The van der Waals surface area contributed by atoms with Gasteiger partial charge in [0.2, 0.25) is 10.0 Å². The predicted octanol–water partition coefficient (Wildman–Crippen LogP) is 1.39. The zero-order chi connectivity index (χ0) is 13.9. The van der Waals surface area contributed by atoms with Crippen molar-refractivity contribution in [3.8, 4) is 0 Å². The van der Waals surface area contributed by atoms with Gasteiger partial charge in [0.25, 0.3) is 0 Å². The molecule has 106 valence electrons. The summed E-state index contributed by atoms with van der Waals surface area (Å²) in [4.78, 5) is -0.650. The maximum absolute atomic E-state index is 13.4. The average molecular weight is 290 g/mol. The van der Waals surface area contributed by atoms with E-state index in [0.717, 1.165) is 37.9 Å². The monoisotopic (exact) mass is 290 g/mol. The van der Waals surface area contributed by atoms with E-state index in [1.807, 2.05) is 0 Å². The molecule has 1 aliphatic heterocycles. The van der Waals surface area contributed by atoms with Crippen molar-refractivity contribution in [3.05, 3.63) is 29.8 Å². The summed E-state index contributed by atoms with van der Waals surface area (Å²) >= 11 is 0. The van der Waals surface area contributed by atoms with Crippen LogP contribution < -0.4 is 10.0 Å². The first-order chi connectivity index (χ1) is 8.99. The van der Waals surface area contributed by atoms with Gasteiger partial charge in [0.15, 0.2) is 0 Å². The summed E-state index contributed by atoms with van der Waals surface area (Å²) in [6.07, 6.45) is 2.98. The molecule has 0 aliphatic carbocycles. The van der Waals surface area contributed by atoms with E-state index in [9.17, 15) is 17.2 Å². The van der Waals surface area contributed by atoms with Crippen molar-refractivity contribution in [1.82, 2.24) is 10.0 Å². The quantitative estimate of drug-likeness (QED) is 0.881. The molecule has 0 radical (unpaired) electrons. The molecule has 1 unspecified atom stereocenters. The fourth-order valence-corrected chi connectivity index (χ4v) is 3.24. The SMILES string of the molecule is O=S(=O)(NCC1CCCCN1)c1cc(F)ccc1F. The van der Waals surface area contributed by atoms with Gasteiger partial charge in [0.05, 0.1) is 0 Å². The molecule has 1 heterocycles. The highest BCUT2D eigenvalue weighted by atomic mass is 32.2. The molecule has 0 bridgehead atoms. The number of halogens is 2. The Hall–Kier alpha value is -1.05. The number of hydrogen-bond acceptors (Lipinski definition) is 3. The summed E-state index contributed by atoms with van der Waals surface area (Å²) in [5.74, 6) is -1.73. The van der Waals surface area contributed by atoms with Crippen LogP contribution in [0.25, 0.3) is 0 Å². The summed E-state index contributed by atoms with van der Waals surface area (Å²) in [5.41, 5.74) is 0. The average Bonchev–Trinajstić information content (AvgIpc) is 2.40. The van der Waals surface area contributed by atoms with Gasteiger partial charge in [-0.15, -0.1) is 0 Å². The molecule has 1 aromatic rings. The van der Waals surface area contributed by atoms with Crippen molar-refractivity contribution in [3.63, 3.8) is 0 Å². The minimum Gasteiger partial charge on any atom is -0.313 e. The summed E-state index contributed by atoms with van der Waals surface area (Å²) in [5, 5.41) is 3.17. The highest BCUT2D eigenvalue weighted by Crippen LogP contribution is 2.16. The molecule has 2 N–H and O–H groups in total. The number of sulfonamides is 1. The van der Waals surface area contributed by atoms with Gasteiger partial charge in [-0.05, 0) is 37.6 Å². The van der Waals surface area contributed by atoms with E-state index in [1.165, 1.54) is 0 Å². The number of nitrogens with one attached hydrogen (secondary N) is 2. The van der Waals surface area contributed by atoms with Crippen LogP contribution in [0.5, 0.6) is 0 Å². The fourth-order valence-electron chi connectivity index (χ4n) is 2.07. The van der Waals surface area contributed by atoms with Gasteiger partial charge in [0, 0.05) is 12.6 Å². The van der Waals surface area contributed by atoms with E-state index >= 15 is 0 Å². The largest absolute Gasteiger partial charge is 0.313 e. The number of benzene rings is 1. The zero-order valence-electron chi connectivity index (χ0n) is 10.3. The Bertz CT molecular complexity index is 543. The highest BCUT2D eigenvalue weighted by molar-refractivity contribution is 7.89. The second-order valence-corrected chi connectivity index (χ2v) is 6.31. The maximum atomic E-state index is 13.4. The number of rotatable bonds is 4. The maximum Gasteiger partial charge on any atom is 0.243 e. The van der Waals surface area contributed by atoms with Crippen molar-refractivity contribution in [2.24, 2.45) is 0 Å². The molecule has 1 fully saturated rings. The van der Waals surface area contributed by atoms with Crippen LogP contribution in [0.2, 0.25) is 0 Å². The Morgan fingerprint density at radius 2 is 2.11 bits per heavy atom. The van der Waals surface area contributed by atoms with E-state index in [-0.39, 0.29) is 12.6 Å². The number of piperidine rings is 1. The first-order valence-electron chi connectivity index (χ1n) is 6.17. The number of hydrogen-bond donors (Lipinski definition) is 2. The second-order valence-electron chi connectivity index (χ2n) is 4.57. The topological polar surface area (TPSA) is 58.2 Å². The first-order valence-corrected chi connectivity index (χ1v) is 7.65. The van der Waals surface area contributed by atoms with Crippen molar-refractivity contribution in [2.45, 2.75) is 30.2 Å². The Morgan fingerprint density at radius 3 is 2.79 bits per heavy atom. The second kappa shape index (κ2) is 5.94.